The van der Waals surface area contributed by atoms with Crippen molar-refractivity contribution in [2.24, 2.45) is 0 Å². The lowest BCUT2D eigenvalue weighted by atomic mass is 10.0. The number of aryl methyl sites for hydroxylation is 4. The Morgan fingerprint density at radius 1 is 0.967 bits per heavy atom. The molecule has 1 amide bonds. The standard InChI is InChI=1S/C26H27N3O/c1-17-10-11-23-22(16-17)21(26(29-23)24-8-4-5-12-27-24)7-6-9-25(30)28-20-14-18(2)13-19(3)15-20/h4-5,8,10-16,29H,6-7,9H2,1-3H3,(H,28,30). The third-order valence-corrected chi connectivity index (χ3v) is 5.32. The molecule has 30 heavy (non-hydrogen) atoms. The zero-order valence-electron chi connectivity index (χ0n) is 17.8. The summed E-state index contributed by atoms with van der Waals surface area (Å²) in [6.45, 7) is 6.19. The number of hydrogen-bond donors (Lipinski definition) is 2. The van der Waals surface area contributed by atoms with Gasteiger partial charge < -0.3 is 10.3 Å². The molecule has 4 heteroatoms. The average Bonchev–Trinajstić information content (AvgIpc) is 3.06. The smallest absolute Gasteiger partial charge is 0.224 e. The van der Waals surface area contributed by atoms with Crippen molar-refractivity contribution in [3.05, 3.63) is 83.0 Å². The van der Waals surface area contributed by atoms with Crippen LogP contribution in [-0.4, -0.2) is 15.9 Å². The molecule has 4 rings (SSSR count). The van der Waals surface area contributed by atoms with Gasteiger partial charge in [-0.15, -0.1) is 0 Å². The van der Waals surface area contributed by atoms with E-state index >= 15 is 0 Å². The molecule has 4 nitrogen and oxygen atoms in total. The number of nitrogens with zero attached hydrogens (tertiary/aromatic N) is 1. The summed E-state index contributed by atoms with van der Waals surface area (Å²) in [5, 5.41) is 4.25. The second kappa shape index (κ2) is 8.54. The van der Waals surface area contributed by atoms with Gasteiger partial charge >= 0.3 is 0 Å². The van der Waals surface area contributed by atoms with Crippen LogP contribution in [0, 0.1) is 20.8 Å². The van der Waals surface area contributed by atoms with E-state index in [1.807, 2.05) is 50.4 Å². The first kappa shape index (κ1) is 19.9. The summed E-state index contributed by atoms with van der Waals surface area (Å²) in [6, 6.07) is 18.5. The number of anilines is 1. The number of fused-ring (bicyclic) bond motifs is 1. The van der Waals surface area contributed by atoms with E-state index in [4.69, 9.17) is 0 Å². The van der Waals surface area contributed by atoms with Gasteiger partial charge in [0, 0.05) is 29.2 Å². The van der Waals surface area contributed by atoms with Crippen LogP contribution in [-0.2, 0) is 11.2 Å². The number of aromatic nitrogens is 2. The molecule has 2 aromatic heterocycles. The summed E-state index contributed by atoms with van der Waals surface area (Å²) >= 11 is 0. The van der Waals surface area contributed by atoms with Gasteiger partial charge in [0.2, 0.25) is 5.91 Å². The quantitative estimate of drug-likeness (QED) is 0.412. The Kier molecular flexibility index (Phi) is 5.66. The average molecular weight is 398 g/mol. The van der Waals surface area contributed by atoms with Gasteiger partial charge in [0.15, 0.2) is 0 Å². The van der Waals surface area contributed by atoms with E-state index in [9.17, 15) is 4.79 Å². The molecule has 0 aliphatic heterocycles. The number of carbonyl (C=O) groups excluding carboxylic acids is 1. The van der Waals surface area contributed by atoms with Gasteiger partial charge in [-0.2, -0.15) is 0 Å². The van der Waals surface area contributed by atoms with Crippen LogP contribution in [0.15, 0.2) is 60.8 Å². The number of H-pyrrole nitrogens is 1. The van der Waals surface area contributed by atoms with E-state index in [-0.39, 0.29) is 5.91 Å². The predicted octanol–water partition coefficient (Wildman–Crippen LogP) is 6.12. The summed E-state index contributed by atoms with van der Waals surface area (Å²) < 4.78 is 0. The first-order valence-electron chi connectivity index (χ1n) is 10.4. The highest BCUT2D eigenvalue weighted by molar-refractivity contribution is 5.92. The van der Waals surface area contributed by atoms with Gasteiger partial charge in [0.25, 0.3) is 0 Å². The molecule has 2 N–H and O–H groups in total. The third kappa shape index (κ3) is 4.43. The van der Waals surface area contributed by atoms with E-state index in [1.54, 1.807) is 0 Å². The Morgan fingerprint density at radius 2 is 1.77 bits per heavy atom. The highest BCUT2D eigenvalue weighted by Gasteiger charge is 2.15. The molecule has 0 radical (unpaired) electrons. The van der Waals surface area contributed by atoms with Crippen LogP contribution in [0.25, 0.3) is 22.3 Å². The molecule has 152 valence electrons. The van der Waals surface area contributed by atoms with Crippen molar-refractivity contribution < 1.29 is 4.79 Å². The molecule has 0 fully saturated rings. The van der Waals surface area contributed by atoms with E-state index in [1.165, 1.54) is 16.5 Å². The van der Waals surface area contributed by atoms with E-state index < -0.39 is 0 Å². The first-order valence-corrected chi connectivity index (χ1v) is 10.4. The molecule has 0 atom stereocenters. The van der Waals surface area contributed by atoms with Crippen LogP contribution in [0.5, 0.6) is 0 Å². The van der Waals surface area contributed by atoms with Crippen molar-refractivity contribution in [1.29, 1.82) is 0 Å². The molecule has 2 heterocycles. The maximum atomic E-state index is 12.5. The minimum atomic E-state index is 0.0513. The third-order valence-electron chi connectivity index (χ3n) is 5.32. The first-order chi connectivity index (χ1) is 14.5. The lowest BCUT2D eigenvalue weighted by Crippen LogP contribution is -2.11. The monoisotopic (exact) mass is 397 g/mol. The highest BCUT2D eigenvalue weighted by atomic mass is 16.1. The van der Waals surface area contributed by atoms with Crippen molar-refractivity contribution in [3.63, 3.8) is 0 Å². The van der Waals surface area contributed by atoms with Crippen LogP contribution in [0.3, 0.4) is 0 Å². The number of benzene rings is 2. The molecular weight excluding hydrogens is 370 g/mol. The number of hydrogen-bond acceptors (Lipinski definition) is 2. The Labute approximate surface area is 177 Å². The largest absolute Gasteiger partial charge is 0.353 e. The van der Waals surface area contributed by atoms with Crippen LogP contribution < -0.4 is 5.32 Å². The molecule has 4 aromatic rings. The Morgan fingerprint density at radius 3 is 2.50 bits per heavy atom. The maximum absolute atomic E-state index is 12.5. The summed E-state index contributed by atoms with van der Waals surface area (Å²) in [5.74, 6) is 0.0513. The fraction of sp³-hybridized carbons (Fsp3) is 0.231. The molecule has 0 unspecified atom stereocenters. The van der Waals surface area contributed by atoms with Gasteiger partial charge in [-0.05, 0) is 86.7 Å². The van der Waals surface area contributed by atoms with Gasteiger partial charge in [-0.1, -0.05) is 23.8 Å². The normalized spacial score (nSPS) is 11.0. The summed E-state index contributed by atoms with van der Waals surface area (Å²) in [5.41, 5.74) is 8.71. The van der Waals surface area contributed by atoms with Gasteiger partial charge in [0.1, 0.15) is 0 Å². The Balaban J connectivity index is 1.52. The molecule has 2 aromatic carbocycles. The summed E-state index contributed by atoms with van der Waals surface area (Å²) in [7, 11) is 0. The Hall–Kier alpha value is -3.40. The van der Waals surface area contributed by atoms with Gasteiger partial charge in [-0.25, -0.2) is 0 Å². The molecule has 0 spiro atoms. The fourth-order valence-corrected chi connectivity index (χ4v) is 4.05. The van der Waals surface area contributed by atoms with E-state index in [2.05, 4.69) is 46.5 Å². The Bertz CT molecular complexity index is 1170. The molecular formula is C26H27N3O. The summed E-state index contributed by atoms with van der Waals surface area (Å²) in [4.78, 5) is 20.6. The van der Waals surface area contributed by atoms with Gasteiger partial charge in [-0.3, -0.25) is 9.78 Å². The number of pyridine rings is 1. The van der Waals surface area contributed by atoms with Crippen molar-refractivity contribution >= 4 is 22.5 Å². The molecule has 0 saturated carbocycles. The lowest BCUT2D eigenvalue weighted by molar-refractivity contribution is -0.116. The maximum Gasteiger partial charge on any atom is 0.224 e. The predicted molar refractivity (Wildman–Crippen MR) is 124 cm³/mol. The van der Waals surface area contributed by atoms with Crippen molar-refractivity contribution in [2.45, 2.75) is 40.0 Å². The number of amides is 1. The van der Waals surface area contributed by atoms with Gasteiger partial charge in [0.05, 0.1) is 11.4 Å². The SMILES string of the molecule is Cc1cc(C)cc(NC(=O)CCCc2c(-c3ccccn3)[nH]c3ccc(C)cc23)c1. The minimum absolute atomic E-state index is 0.0513. The van der Waals surface area contributed by atoms with Crippen LogP contribution in [0.2, 0.25) is 0 Å². The van der Waals surface area contributed by atoms with Crippen molar-refractivity contribution in [1.82, 2.24) is 9.97 Å². The molecule has 0 saturated heterocycles. The van der Waals surface area contributed by atoms with Crippen LogP contribution in [0.4, 0.5) is 5.69 Å². The molecule has 0 bridgehead atoms. The van der Waals surface area contributed by atoms with E-state index in [0.29, 0.717) is 6.42 Å². The number of nitrogens with one attached hydrogen (secondary N) is 2. The topological polar surface area (TPSA) is 57.8 Å². The van der Waals surface area contributed by atoms with Crippen molar-refractivity contribution in [3.8, 4) is 11.4 Å². The molecule has 0 aliphatic rings. The second-order valence-corrected chi connectivity index (χ2v) is 8.02. The number of carbonyl (C=O) groups is 1. The number of rotatable bonds is 6. The zero-order valence-corrected chi connectivity index (χ0v) is 17.8. The fourth-order valence-electron chi connectivity index (χ4n) is 4.05. The van der Waals surface area contributed by atoms with E-state index in [0.717, 1.165) is 46.6 Å². The highest BCUT2D eigenvalue weighted by Crippen LogP contribution is 2.31. The van der Waals surface area contributed by atoms with Crippen molar-refractivity contribution in [2.75, 3.05) is 5.32 Å². The van der Waals surface area contributed by atoms with Crippen LogP contribution in [0.1, 0.15) is 35.1 Å². The lowest BCUT2D eigenvalue weighted by Gasteiger charge is -2.08. The molecule has 0 aliphatic carbocycles. The second-order valence-electron chi connectivity index (χ2n) is 8.02. The zero-order chi connectivity index (χ0) is 21.1. The minimum Gasteiger partial charge on any atom is -0.353 e. The number of aromatic amines is 1. The van der Waals surface area contributed by atoms with Crippen LogP contribution >= 0.6 is 0 Å². The summed E-state index contributed by atoms with van der Waals surface area (Å²) in [6.07, 6.45) is 3.88.